The third-order valence-corrected chi connectivity index (χ3v) is 4.44. The van der Waals surface area contributed by atoms with E-state index in [9.17, 15) is 0 Å². The van der Waals surface area contributed by atoms with Crippen LogP contribution in [0.2, 0.25) is 0 Å². The molecule has 25 heavy (non-hydrogen) atoms. The van der Waals surface area contributed by atoms with Gasteiger partial charge in [-0.05, 0) is 43.2 Å². The summed E-state index contributed by atoms with van der Waals surface area (Å²) >= 11 is 0. The third-order valence-electron chi connectivity index (χ3n) is 4.44. The second-order valence-electron chi connectivity index (χ2n) is 6.77. The van der Waals surface area contributed by atoms with Crippen LogP contribution in [-0.2, 0) is 6.54 Å². The van der Waals surface area contributed by atoms with E-state index >= 15 is 0 Å². The Morgan fingerprint density at radius 3 is 2.72 bits per heavy atom. The summed E-state index contributed by atoms with van der Waals surface area (Å²) in [5, 5.41) is 13.9. The van der Waals surface area contributed by atoms with Gasteiger partial charge in [0.15, 0.2) is 11.7 Å². The molecule has 3 N–H and O–H groups in total. The van der Waals surface area contributed by atoms with Crippen molar-refractivity contribution in [1.29, 1.82) is 0 Å². The van der Waals surface area contributed by atoms with Crippen LogP contribution in [0.5, 0.6) is 0 Å². The standard InChI is InChI=1S/C17H26N6O.HI/c1-11-7-12(2)9-13(8-11)20-17(18-3)19-10-15-21-16(23-22-15)14-5-4-6-24-14;/h4-6,11-13H,7-10H2,1-3H3,(H2,18,19,20)(H,21,22,23);1H. The Kier molecular flexibility index (Phi) is 7.27. The van der Waals surface area contributed by atoms with Crippen LogP contribution in [0.4, 0.5) is 0 Å². The first-order chi connectivity index (χ1) is 11.6. The lowest BCUT2D eigenvalue weighted by Crippen LogP contribution is -2.46. The van der Waals surface area contributed by atoms with Gasteiger partial charge in [-0.2, -0.15) is 0 Å². The summed E-state index contributed by atoms with van der Waals surface area (Å²) in [5.41, 5.74) is 0. The molecule has 2 atom stereocenters. The molecule has 0 spiro atoms. The first-order valence-electron chi connectivity index (χ1n) is 8.56. The molecular weight excluding hydrogens is 431 g/mol. The van der Waals surface area contributed by atoms with Crippen molar-refractivity contribution in [2.75, 3.05) is 7.05 Å². The van der Waals surface area contributed by atoms with E-state index in [0.29, 0.717) is 24.2 Å². The number of aromatic amines is 1. The first kappa shape index (κ1) is 19.7. The van der Waals surface area contributed by atoms with Gasteiger partial charge in [0.05, 0.1) is 12.8 Å². The Bertz CT molecular complexity index is 658. The van der Waals surface area contributed by atoms with Crippen molar-refractivity contribution in [2.24, 2.45) is 16.8 Å². The Balaban J connectivity index is 0.00000225. The lowest BCUT2D eigenvalue weighted by molar-refractivity contribution is 0.255. The summed E-state index contributed by atoms with van der Waals surface area (Å²) in [6.45, 7) is 5.18. The number of nitrogens with one attached hydrogen (secondary N) is 3. The Morgan fingerprint density at radius 1 is 1.32 bits per heavy atom. The maximum absolute atomic E-state index is 5.30. The van der Waals surface area contributed by atoms with Crippen molar-refractivity contribution in [3.63, 3.8) is 0 Å². The van der Waals surface area contributed by atoms with Gasteiger partial charge in [0, 0.05) is 13.1 Å². The molecule has 1 fully saturated rings. The summed E-state index contributed by atoms with van der Waals surface area (Å²) in [4.78, 5) is 8.74. The summed E-state index contributed by atoms with van der Waals surface area (Å²) in [5.74, 6) is 4.29. The summed E-state index contributed by atoms with van der Waals surface area (Å²) in [7, 11) is 1.79. The molecule has 1 aliphatic carbocycles. The number of furan rings is 1. The van der Waals surface area contributed by atoms with E-state index in [2.05, 4.69) is 44.7 Å². The predicted octanol–water partition coefficient (Wildman–Crippen LogP) is 3.17. The zero-order chi connectivity index (χ0) is 16.9. The topological polar surface area (TPSA) is 91.1 Å². The number of hydrogen-bond acceptors (Lipinski definition) is 4. The van der Waals surface area contributed by atoms with Crippen molar-refractivity contribution in [1.82, 2.24) is 25.8 Å². The van der Waals surface area contributed by atoms with Crippen LogP contribution < -0.4 is 10.6 Å². The summed E-state index contributed by atoms with van der Waals surface area (Å²) < 4.78 is 5.30. The van der Waals surface area contributed by atoms with Gasteiger partial charge in [-0.15, -0.1) is 29.1 Å². The van der Waals surface area contributed by atoms with E-state index in [1.54, 1.807) is 13.3 Å². The van der Waals surface area contributed by atoms with Gasteiger partial charge in [0.2, 0.25) is 5.82 Å². The van der Waals surface area contributed by atoms with Gasteiger partial charge in [-0.1, -0.05) is 13.8 Å². The molecule has 1 saturated carbocycles. The monoisotopic (exact) mass is 458 g/mol. The summed E-state index contributed by atoms with van der Waals surface area (Å²) in [6.07, 6.45) is 5.31. The van der Waals surface area contributed by atoms with Crippen LogP contribution in [0, 0.1) is 11.8 Å². The van der Waals surface area contributed by atoms with Crippen molar-refractivity contribution in [3.8, 4) is 11.6 Å². The molecule has 2 heterocycles. The van der Waals surface area contributed by atoms with E-state index in [1.807, 2.05) is 12.1 Å². The number of aromatic nitrogens is 3. The quantitative estimate of drug-likeness (QED) is 0.372. The van der Waals surface area contributed by atoms with Gasteiger partial charge in [0.25, 0.3) is 0 Å². The first-order valence-corrected chi connectivity index (χ1v) is 8.56. The molecule has 138 valence electrons. The molecule has 2 aromatic heterocycles. The van der Waals surface area contributed by atoms with Crippen LogP contribution in [0.15, 0.2) is 27.8 Å². The minimum atomic E-state index is 0. The molecular formula is C17H27IN6O. The molecule has 0 bridgehead atoms. The number of hydrogen-bond donors (Lipinski definition) is 3. The highest BCUT2D eigenvalue weighted by molar-refractivity contribution is 14.0. The van der Waals surface area contributed by atoms with Crippen LogP contribution in [0.25, 0.3) is 11.6 Å². The number of rotatable bonds is 4. The molecule has 7 nitrogen and oxygen atoms in total. The molecule has 0 radical (unpaired) electrons. The highest BCUT2D eigenvalue weighted by Crippen LogP contribution is 2.28. The molecule has 2 unspecified atom stereocenters. The lowest BCUT2D eigenvalue weighted by atomic mass is 9.80. The van der Waals surface area contributed by atoms with Gasteiger partial charge in [-0.3, -0.25) is 10.1 Å². The fraction of sp³-hybridized carbons (Fsp3) is 0.588. The molecule has 1 aliphatic rings. The number of halogens is 1. The molecule has 0 aliphatic heterocycles. The maximum Gasteiger partial charge on any atom is 0.216 e. The van der Waals surface area contributed by atoms with Crippen LogP contribution in [0.3, 0.4) is 0 Å². The lowest BCUT2D eigenvalue weighted by Gasteiger charge is -2.32. The minimum absolute atomic E-state index is 0. The van der Waals surface area contributed by atoms with E-state index in [4.69, 9.17) is 4.42 Å². The van der Waals surface area contributed by atoms with E-state index in [1.165, 1.54) is 19.3 Å². The SMILES string of the molecule is CN=C(NCc1nc(-c2ccco2)n[nH]1)NC1CC(C)CC(C)C1.I. The third kappa shape index (κ3) is 5.45. The largest absolute Gasteiger partial charge is 0.461 e. The Labute approximate surface area is 165 Å². The predicted molar refractivity (Wildman–Crippen MR) is 109 cm³/mol. The Hall–Kier alpha value is -1.58. The Morgan fingerprint density at radius 2 is 2.08 bits per heavy atom. The van der Waals surface area contributed by atoms with Crippen LogP contribution in [0.1, 0.15) is 38.9 Å². The van der Waals surface area contributed by atoms with Crippen LogP contribution >= 0.6 is 24.0 Å². The molecule has 0 amide bonds. The van der Waals surface area contributed by atoms with Gasteiger partial charge in [0.1, 0.15) is 5.82 Å². The average Bonchev–Trinajstić information content (AvgIpc) is 3.21. The zero-order valence-electron chi connectivity index (χ0n) is 15.0. The molecule has 0 aromatic carbocycles. The van der Waals surface area contributed by atoms with E-state index in [-0.39, 0.29) is 24.0 Å². The molecule has 2 aromatic rings. The zero-order valence-corrected chi connectivity index (χ0v) is 17.3. The number of H-pyrrole nitrogens is 1. The number of aliphatic imine (C=N–C) groups is 1. The van der Waals surface area contributed by atoms with Crippen molar-refractivity contribution in [2.45, 2.75) is 45.7 Å². The fourth-order valence-corrected chi connectivity index (χ4v) is 3.51. The van der Waals surface area contributed by atoms with Crippen molar-refractivity contribution < 1.29 is 4.42 Å². The second kappa shape index (κ2) is 9.21. The second-order valence-corrected chi connectivity index (χ2v) is 6.77. The number of guanidine groups is 1. The fourth-order valence-electron chi connectivity index (χ4n) is 3.51. The van der Waals surface area contributed by atoms with Crippen LogP contribution in [-0.4, -0.2) is 34.2 Å². The van der Waals surface area contributed by atoms with Crippen molar-refractivity contribution >= 4 is 29.9 Å². The minimum Gasteiger partial charge on any atom is -0.461 e. The van der Waals surface area contributed by atoms with E-state index < -0.39 is 0 Å². The van der Waals surface area contributed by atoms with Crippen molar-refractivity contribution in [3.05, 3.63) is 24.2 Å². The molecule has 3 rings (SSSR count). The highest BCUT2D eigenvalue weighted by atomic mass is 127. The normalized spacial score (nSPS) is 23.8. The van der Waals surface area contributed by atoms with Gasteiger partial charge < -0.3 is 15.1 Å². The molecule has 0 saturated heterocycles. The number of nitrogens with zero attached hydrogens (tertiary/aromatic N) is 3. The molecule has 8 heteroatoms. The average molecular weight is 458 g/mol. The van der Waals surface area contributed by atoms with Gasteiger partial charge in [-0.25, -0.2) is 4.98 Å². The smallest absolute Gasteiger partial charge is 0.216 e. The van der Waals surface area contributed by atoms with Gasteiger partial charge >= 0.3 is 0 Å². The highest BCUT2D eigenvalue weighted by Gasteiger charge is 2.24. The van der Waals surface area contributed by atoms with E-state index in [0.717, 1.165) is 23.6 Å². The maximum atomic E-state index is 5.30. The summed E-state index contributed by atoms with van der Waals surface area (Å²) in [6, 6.07) is 4.14.